The Morgan fingerprint density at radius 3 is 2.71 bits per heavy atom. The van der Waals surface area contributed by atoms with Crippen molar-refractivity contribution in [3.8, 4) is 0 Å². The molecule has 0 aromatic carbocycles. The molecule has 1 aromatic heterocycles. The van der Waals surface area contributed by atoms with E-state index in [0.29, 0.717) is 0 Å². The van der Waals surface area contributed by atoms with Gasteiger partial charge in [-0.2, -0.15) is 0 Å². The first-order valence-electron chi connectivity index (χ1n) is 6.60. The number of nitrogens with zero attached hydrogens (tertiary/aromatic N) is 2. The van der Waals surface area contributed by atoms with Crippen LogP contribution in [-0.4, -0.2) is 36.1 Å². The van der Waals surface area contributed by atoms with Gasteiger partial charge in [-0.15, -0.1) is 0 Å². The van der Waals surface area contributed by atoms with Crippen LogP contribution < -0.4 is 5.32 Å². The van der Waals surface area contributed by atoms with Crippen molar-refractivity contribution in [3.05, 3.63) is 29.6 Å². The average molecular weight is 235 g/mol. The van der Waals surface area contributed by atoms with Gasteiger partial charge >= 0.3 is 0 Å². The molecule has 0 aliphatic rings. The normalized spacial score (nSPS) is 11.1. The minimum absolute atomic E-state index is 0.946. The highest BCUT2D eigenvalue weighted by molar-refractivity contribution is 5.14. The standard InChI is InChI=1S/C14H25N3/c1-4-17(5-2)10-6-8-15-12-14-7-9-16-13(3)11-14/h7,9,11,15H,4-6,8,10,12H2,1-3H3. The van der Waals surface area contributed by atoms with Gasteiger partial charge in [-0.05, 0) is 57.2 Å². The summed E-state index contributed by atoms with van der Waals surface area (Å²) in [6.45, 7) is 12.0. The second kappa shape index (κ2) is 8.20. The lowest BCUT2D eigenvalue weighted by atomic mass is 10.2. The molecule has 0 fully saturated rings. The van der Waals surface area contributed by atoms with Gasteiger partial charge in [0.15, 0.2) is 0 Å². The third kappa shape index (κ3) is 5.80. The maximum absolute atomic E-state index is 4.20. The summed E-state index contributed by atoms with van der Waals surface area (Å²) < 4.78 is 0. The Morgan fingerprint density at radius 1 is 1.29 bits per heavy atom. The van der Waals surface area contributed by atoms with E-state index in [1.807, 2.05) is 13.1 Å². The summed E-state index contributed by atoms with van der Waals surface area (Å²) in [6.07, 6.45) is 3.09. The molecule has 0 amide bonds. The Bertz CT molecular complexity index is 308. The molecule has 0 saturated carbocycles. The molecule has 0 atom stereocenters. The van der Waals surface area contributed by atoms with Crippen LogP contribution in [0.1, 0.15) is 31.5 Å². The Labute approximate surface area is 105 Å². The van der Waals surface area contributed by atoms with Crippen molar-refractivity contribution in [3.63, 3.8) is 0 Å². The largest absolute Gasteiger partial charge is 0.313 e. The molecule has 1 N–H and O–H groups in total. The molecule has 0 unspecified atom stereocenters. The van der Waals surface area contributed by atoms with Gasteiger partial charge < -0.3 is 10.2 Å². The molecule has 96 valence electrons. The summed E-state index contributed by atoms with van der Waals surface area (Å²) >= 11 is 0. The Hall–Kier alpha value is -0.930. The maximum Gasteiger partial charge on any atom is 0.0375 e. The number of aromatic nitrogens is 1. The smallest absolute Gasteiger partial charge is 0.0375 e. The van der Waals surface area contributed by atoms with Gasteiger partial charge in [0.1, 0.15) is 0 Å². The maximum atomic E-state index is 4.20. The number of hydrogen-bond acceptors (Lipinski definition) is 3. The van der Waals surface area contributed by atoms with Gasteiger partial charge in [-0.1, -0.05) is 13.8 Å². The van der Waals surface area contributed by atoms with Crippen LogP contribution in [0.3, 0.4) is 0 Å². The molecule has 0 spiro atoms. The molecular weight excluding hydrogens is 210 g/mol. The zero-order chi connectivity index (χ0) is 12.5. The predicted octanol–water partition coefficient (Wildman–Crippen LogP) is 2.21. The molecular formula is C14H25N3. The van der Waals surface area contributed by atoms with Gasteiger partial charge in [0, 0.05) is 18.4 Å². The Kier molecular flexibility index (Phi) is 6.82. The van der Waals surface area contributed by atoms with Crippen LogP contribution in [0.4, 0.5) is 0 Å². The first kappa shape index (κ1) is 14.1. The van der Waals surface area contributed by atoms with E-state index in [1.165, 1.54) is 18.5 Å². The third-order valence-electron chi connectivity index (χ3n) is 3.01. The summed E-state index contributed by atoms with van der Waals surface area (Å²) in [5, 5.41) is 3.48. The van der Waals surface area contributed by atoms with Crippen molar-refractivity contribution >= 4 is 0 Å². The molecule has 3 nitrogen and oxygen atoms in total. The Balaban J connectivity index is 2.12. The molecule has 1 aromatic rings. The summed E-state index contributed by atoms with van der Waals surface area (Å²) in [7, 11) is 0. The van der Waals surface area contributed by atoms with Crippen LogP contribution in [0.15, 0.2) is 18.3 Å². The van der Waals surface area contributed by atoms with E-state index in [-0.39, 0.29) is 0 Å². The summed E-state index contributed by atoms with van der Waals surface area (Å²) in [4.78, 5) is 6.65. The summed E-state index contributed by atoms with van der Waals surface area (Å²) in [5.41, 5.74) is 2.41. The van der Waals surface area contributed by atoms with E-state index < -0.39 is 0 Å². The highest BCUT2D eigenvalue weighted by Crippen LogP contribution is 1.99. The van der Waals surface area contributed by atoms with Crippen molar-refractivity contribution < 1.29 is 0 Å². The van der Waals surface area contributed by atoms with Crippen molar-refractivity contribution in [2.45, 2.75) is 33.7 Å². The lowest BCUT2D eigenvalue weighted by Crippen LogP contribution is -2.27. The lowest BCUT2D eigenvalue weighted by Gasteiger charge is -2.17. The van der Waals surface area contributed by atoms with E-state index in [9.17, 15) is 0 Å². The van der Waals surface area contributed by atoms with Crippen LogP contribution in [0.5, 0.6) is 0 Å². The van der Waals surface area contributed by atoms with Crippen molar-refractivity contribution in [1.82, 2.24) is 15.2 Å². The quantitative estimate of drug-likeness (QED) is 0.700. The first-order chi connectivity index (χ1) is 8.26. The highest BCUT2D eigenvalue weighted by Gasteiger charge is 1.98. The second-order valence-electron chi connectivity index (χ2n) is 4.36. The SMILES string of the molecule is CCN(CC)CCCNCc1ccnc(C)c1. The number of hydrogen-bond donors (Lipinski definition) is 1. The van der Waals surface area contributed by atoms with Gasteiger partial charge in [-0.25, -0.2) is 0 Å². The number of rotatable bonds is 8. The van der Waals surface area contributed by atoms with Crippen LogP contribution >= 0.6 is 0 Å². The zero-order valence-corrected chi connectivity index (χ0v) is 11.4. The zero-order valence-electron chi connectivity index (χ0n) is 11.4. The van der Waals surface area contributed by atoms with Crippen molar-refractivity contribution in [1.29, 1.82) is 0 Å². The van der Waals surface area contributed by atoms with Crippen LogP contribution in [-0.2, 0) is 6.54 Å². The molecule has 1 rings (SSSR count). The van der Waals surface area contributed by atoms with E-state index in [2.05, 4.69) is 41.2 Å². The molecule has 17 heavy (non-hydrogen) atoms. The fourth-order valence-electron chi connectivity index (χ4n) is 1.91. The van der Waals surface area contributed by atoms with Crippen LogP contribution in [0, 0.1) is 6.92 Å². The van der Waals surface area contributed by atoms with Gasteiger partial charge in [0.2, 0.25) is 0 Å². The van der Waals surface area contributed by atoms with Gasteiger partial charge in [0.05, 0.1) is 0 Å². The number of pyridine rings is 1. The summed E-state index contributed by atoms with van der Waals surface area (Å²) in [5.74, 6) is 0. The molecule has 0 bridgehead atoms. The second-order valence-corrected chi connectivity index (χ2v) is 4.36. The van der Waals surface area contributed by atoms with Crippen molar-refractivity contribution in [2.75, 3.05) is 26.2 Å². The molecule has 0 saturated heterocycles. The van der Waals surface area contributed by atoms with E-state index in [4.69, 9.17) is 0 Å². The van der Waals surface area contributed by atoms with Gasteiger partial charge in [-0.3, -0.25) is 4.98 Å². The fourth-order valence-corrected chi connectivity index (χ4v) is 1.91. The monoisotopic (exact) mass is 235 g/mol. The topological polar surface area (TPSA) is 28.2 Å². The minimum atomic E-state index is 0.946. The fraction of sp³-hybridized carbons (Fsp3) is 0.643. The Morgan fingerprint density at radius 2 is 2.06 bits per heavy atom. The average Bonchev–Trinajstić information content (AvgIpc) is 2.34. The van der Waals surface area contributed by atoms with E-state index in [1.54, 1.807) is 0 Å². The molecule has 0 aliphatic heterocycles. The highest BCUT2D eigenvalue weighted by atomic mass is 15.1. The predicted molar refractivity (Wildman–Crippen MR) is 73.1 cm³/mol. The summed E-state index contributed by atoms with van der Waals surface area (Å²) in [6, 6.07) is 4.21. The van der Waals surface area contributed by atoms with Crippen molar-refractivity contribution in [2.24, 2.45) is 0 Å². The van der Waals surface area contributed by atoms with Gasteiger partial charge in [0.25, 0.3) is 0 Å². The number of nitrogens with one attached hydrogen (secondary N) is 1. The van der Waals surface area contributed by atoms with Crippen LogP contribution in [0.2, 0.25) is 0 Å². The lowest BCUT2D eigenvalue weighted by molar-refractivity contribution is 0.298. The van der Waals surface area contributed by atoms with Crippen LogP contribution in [0.25, 0.3) is 0 Å². The molecule has 1 heterocycles. The van der Waals surface area contributed by atoms with E-state index >= 15 is 0 Å². The molecule has 3 heteroatoms. The molecule has 0 radical (unpaired) electrons. The third-order valence-corrected chi connectivity index (χ3v) is 3.01. The van der Waals surface area contributed by atoms with E-state index in [0.717, 1.165) is 31.9 Å². The minimum Gasteiger partial charge on any atom is -0.313 e. The number of aryl methyl sites for hydroxylation is 1. The molecule has 0 aliphatic carbocycles. The first-order valence-corrected chi connectivity index (χ1v) is 6.60.